The van der Waals surface area contributed by atoms with Crippen LogP contribution >= 0.6 is 0 Å². The number of carbonyl (C=O) groups is 1. The van der Waals surface area contributed by atoms with E-state index in [2.05, 4.69) is 20.0 Å². The molecule has 0 saturated heterocycles. The van der Waals surface area contributed by atoms with Crippen LogP contribution < -0.4 is 10.1 Å². The van der Waals surface area contributed by atoms with Crippen LogP contribution in [0.15, 0.2) is 54.9 Å². The van der Waals surface area contributed by atoms with Crippen molar-refractivity contribution in [2.24, 2.45) is 5.92 Å². The number of halogens is 6. The molecule has 1 saturated carbocycles. The summed E-state index contributed by atoms with van der Waals surface area (Å²) in [5.74, 6) is -1.74. The van der Waals surface area contributed by atoms with E-state index in [1.165, 1.54) is 24.5 Å². The lowest BCUT2D eigenvalue weighted by atomic mass is 9.96. The number of hydrogen-bond acceptors (Lipinski definition) is 5. The van der Waals surface area contributed by atoms with Gasteiger partial charge in [0.2, 0.25) is 0 Å². The van der Waals surface area contributed by atoms with Gasteiger partial charge in [0.15, 0.2) is 0 Å². The molecule has 3 aromatic rings. The van der Waals surface area contributed by atoms with Gasteiger partial charge in [-0.15, -0.1) is 13.2 Å². The number of nitrogens with one attached hydrogen (secondary N) is 1. The van der Waals surface area contributed by atoms with Crippen molar-refractivity contribution in [1.82, 2.24) is 9.97 Å². The zero-order chi connectivity index (χ0) is 25.4. The first-order chi connectivity index (χ1) is 16.4. The smallest absolute Gasteiger partial charge is 0.481 e. The van der Waals surface area contributed by atoms with Gasteiger partial charge in [0.05, 0.1) is 29.6 Å². The minimum absolute atomic E-state index is 0.0651. The molecular weight excluding hydrogens is 480 g/mol. The number of alkyl halides is 6. The number of benzene rings is 2. The van der Waals surface area contributed by atoms with Crippen molar-refractivity contribution in [2.75, 3.05) is 5.32 Å². The Bertz CT molecular complexity index is 1210. The molecule has 2 N–H and O–H groups in total. The third-order valence-electron chi connectivity index (χ3n) is 5.42. The maximum absolute atomic E-state index is 13.6. The first-order valence-electron chi connectivity index (χ1n) is 10.3. The lowest BCUT2D eigenvalue weighted by molar-refractivity contribution is -0.274. The van der Waals surface area contributed by atoms with Crippen molar-refractivity contribution in [3.63, 3.8) is 0 Å². The van der Waals surface area contributed by atoms with E-state index in [0.717, 1.165) is 30.3 Å². The number of rotatable bonds is 7. The molecule has 1 fully saturated rings. The molecule has 35 heavy (non-hydrogen) atoms. The molecular formula is C23H17F6N3O3. The molecule has 1 heterocycles. The van der Waals surface area contributed by atoms with Gasteiger partial charge in [-0.25, -0.2) is 4.98 Å². The number of carboxylic acids is 1. The van der Waals surface area contributed by atoms with Crippen molar-refractivity contribution < 1.29 is 41.0 Å². The zero-order valence-corrected chi connectivity index (χ0v) is 17.7. The van der Waals surface area contributed by atoms with Crippen LogP contribution in [0.25, 0.3) is 11.1 Å². The zero-order valence-electron chi connectivity index (χ0n) is 17.7. The fourth-order valence-electron chi connectivity index (χ4n) is 3.63. The molecule has 0 spiro atoms. The summed E-state index contributed by atoms with van der Waals surface area (Å²) in [5, 5.41) is 11.9. The Morgan fingerprint density at radius 3 is 2.29 bits per heavy atom. The fourth-order valence-corrected chi connectivity index (χ4v) is 3.63. The van der Waals surface area contributed by atoms with Gasteiger partial charge >= 0.3 is 18.5 Å². The number of hydrogen-bond donors (Lipinski definition) is 2. The molecule has 0 amide bonds. The minimum Gasteiger partial charge on any atom is -0.481 e. The highest BCUT2D eigenvalue weighted by molar-refractivity contribution is 5.75. The van der Waals surface area contributed by atoms with Crippen molar-refractivity contribution >= 4 is 11.8 Å². The third-order valence-corrected chi connectivity index (χ3v) is 5.42. The molecule has 4 rings (SSSR count). The van der Waals surface area contributed by atoms with E-state index in [9.17, 15) is 31.1 Å². The largest absolute Gasteiger partial charge is 0.573 e. The van der Waals surface area contributed by atoms with Crippen molar-refractivity contribution in [3.8, 4) is 16.9 Å². The van der Waals surface area contributed by atoms with E-state index in [1.54, 1.807) is 0 Å². The van der Waals surface area contributed by atoms with Gasteiger partial charge in [-0.05, 0) is 47.4 Å². The highest BCUT2D eigenvalue weighted by Crippen LogP contribution is 2.46. The molecule has 2 aromatic carbocycles. The summed E-state index contributed by atoms with van der Waals surface area (Å²) in [6.07, 6.45) is -6.23. The van der Waals surface area contributed by atoms with Gasteiger partial charge in [0.25, 0.3) is 0 Å². The van der Waals surface area contributed by atoms with Crippen LogP contribution in [-0.2, 0) is 17.5 Å². The first-order valence-corrected chi connectivity index (χ1v) is 10.3. The molecule has 1 aliphatic carbocycles. The Morgan fingerprint density at radius 2 is 1.74 bits per heavy atom. The van der Waals surface area contributed by atoms with E-state index in [-0.39, 0.29) is 23.6 Å². The highest BCUT2D eigenvalue weighted by atomic mass is 19.4. The predicted octanol–water partition coefficient (Wildman–Crippen LogP) is 5.86. The summed E-state index contributed by atoms with van der Waals surface area (Å²) >= 11 is 0. The van der Waals surface area contributed by atoms with Gasteiger partial charge in [0.1, 0.15) is 11.6 Å². The van der Waals surface area contributed by atoms with E-state index in [4.69, 9.17) is 5.11 Å². The molecule has 2 atom stereocenters. The second-order valence-electron chi connectivity index (χ2n) is 7.92. The van der Waals surface area contributed by atoms with Crippen LogP contribution in [0.4, 0.5) is 32.2 Å². The predicted molar refractivity (Wildman–Crippen MR) is 111 cm³/mol. The van der Waals surface area contributed by atoms with Gasteiger partial charge in [0, 0.05) is 12.5 Å². The number of carboxylic acid groups (broad SMARTS) is 1. The Labute approximate surface area is 194 Å². The van der Waals surface area contributed by atoms with Crippen molar-refractivity contribution in [1.29, 1.82) is 0 Å². The number of ether oxygens (including phenoxy) is 1. The maximum Gasteiger partial charge on any atom is 0.573 e. The fraction of sp³-hybridized carbons (Fsp3) is 0.261. The molecule has 12 heteroatoms. The Hall–Kier alpha value is -3.83. The summed E-state index contributed by atoms with van der Waals surface area (Å²) in [5.41, 5.74) is -0.0619. The quantitative estimate of drug-likeness (QED) is 0.398. The molecule has 0 unspecified atom stereocenters. The maximum atomic E-state index is 13.6. The molecule has 184 valence electrons. The molecule has 0 bridgehead atoms. The number of aromatic nitrogens is 2. The number of anilines is 1. The standard InChI is InChI=1S/C23H17F6N3O3/c24-22(25,26)18-6-1-12(7-15(18)13-2-4-14(5-3-13)35-23(27,28)29)9-31-20-11-30-19(10-32-20)16-8-17(16)21(33)34/h1-7,10-11,16-17H,8-9H2,(H,31,32)(H,33,34)/t16-,17-/m1/s1. The molecule has 1 aromatic heterocycles. The molecule has 6 nitrogen and oxygen atoms in total. The van der Waals surface area contributed by atoms with Crippen LogP contribution in [0.1, 0.15) is 29.2 Å². The lowest BCUT2D eigenvalue weighted by Crippen LogP contribution is -2.17. The van der Waals surface area contributed by atoms with Crippen molar-refractivity contribution in [3.05, 3.63) is 71.7 Å². The Kier molecular flexibility index (Phi) is 6.30. The first kappa shape index (κ1) is 24.3. The summed E-state index contributed by atoms with van der Waals surface area (Å²) in [7, 11) is 0. The summed E-state index contributed by atoms with van der Waals surface area (Å²) < 4.78 is 81.5. The van der Waals surface area contributed by atoms with Gasteiger partial charge in [-0.1, -0.05) is 18.2 Å². The van der Waals surface area contributed by atoms with E-state index < -0.39 is 35.7 Å². The second-order valence-corrected chi connectivity index (χ2v) is 7.92. The highest BCUT2D eigenvalue weighted by Gasteiger charge is 2.45. The Morgan fingerprint density at radius 1 is 1.03 bits per heavy atom. The minimum atomic E-state index is -4.91. The molecule has 0 aliphatic heterocycles. The van der Waals surface area contributed by atoms with Crippen LogP contribution in [0, 0.1) is 5.92 Å². The monoisotopic (exact) mass is 497 g/mol. The van der Waals surface area contributed by atoms with Gasteiger partial charge in [-0.2, -0.15) is 13.2 Å². The van der Waals surface area contributed by atoms with Crippen LogP contribution in [0.5, 0.6) is 5.75 Å². The van der Waals surface area contributed by atoms with Gasteiger partial charge < -0.3 is 15.2 Å². The molecule has 0 radical (unpaired) electrons. The third kappa shape index (κ3) is 6.00. The number of nitrogens with zero attached hydrogens (tertiary/aromatic N) is 2. The SMILES string of the molecule is O=C(O)[C@@H]1C[C@H]1c1cnc(NCc2ccc(C(F)(F)F)c(-c3ccc(OC(F)(F)F)cc3)c2)cn1. The summed E-state index contributed by atoms with van der Waals surface area (Å²) in [6.45, 7) is 0.0929. The average molecular weight is 497 g/mol. The van der Waals surface area contributed by atoms with Gasteiger partial charge in [-0.3, -0.25) is 9.78 Å². The summed E-state index contributed by atoms with van der Waals surface area (Å²) in [4.78, 5) is 19.4. The normalized spacial score (nSPS) is 17.7. The van der Waals surface area contributed by atoms with Crippen LogP contribution in [-0.4, -0.2) is 27.4 Å². The van der Waals surface area contributed by atoms with E-state index in [0.29, 0.717) is 23.5 Å². The summed E-state index contributed by atoms with van der Waals surface area (Å²) in [6, 6.07) is 7.60. The van der Waals surface area contributed by atoms with Crippen LogP contribution in [0.2, 0.25) is 0 Å². The number of aliphatic carboxylic acids is 1. The Balaban J connectivity index is 1.50. The topological polar surface area (TPSA) is 84.3 Å². The second kappa shape index (κ2) is 9.08. The van der Waals surface area contributed by atoms with E-state index >= 15 is 0 Å². The van der Waals surface area contributed by atoms with Crippen LogP contribution in [0.3, 0.4) is 0 Å². The lowest BCUT2D eigenvalue weighted by Gasteiger charge is -2.16. The van der Waals surface area contributed by atoms with Crippen molar-refractivity contribution in [2.45, 2.75) is 31.4 Å². The average Bonchev–Trinajstić information content (AvgIpc) is 3.58. The molecule has 1 aliphatic rings. The van der Waals surface area contributed by atoms with E-state index in [1.807, 2.05) is 0 Å².